The van der Waals surface area contributed by atoms with Crippen molar-refractivity contribution < 1.29 is 14.7 Å². The average Bonchev–Trinajstić information content (AvgIpc) is 2.42. The third-order valence-corrected chi connectivity index (χ3v) is 3.50. The number of carboxylic acids is 1. The zero-order valence-electron chi connectivity index (χ0n) is 13.0. The first-order valence-electron chi connectivity index (χ1n) is 7.17. The van der Waals surface area contributed by atoms with Crippen LogP contribution in [-0.4, -0.2) is 23.0 Å². The number of carbonyl (C=O) groups is 2. The topological polar surface area (TPSA) is 66.4 Å². The molecule has 1 rings (SSSR count). The van der Waals surface area contributed by atoms with Crippen molar-refractivity contribution in [1.82, 2.24) is 5.32 Å². The number of nitrogens with one attached hydrogen (secondary N) is 1. The predicted octanol–water partition coefficient (Wildman–Crippen LogP) is 3.26. The minimum atomic E-state index is -0.987. The highest BCUT2D eigenvalue weighted by Crippen LogP contribution is 2.14. The number of carbonyl (C=O) groups excluding carboxylic acids is 1. The first kappa shape index (κ1) is 17.0. The van der Waals surface area contributed by atoms with Crippen LogP contribution in [0.2, 0.25) is 0 Å². The molecule has 0 fully saturated rings. The molecule has 0 radical (unpaired) electrons. The van der Waals surface area contributed by atoms with Crippen molar-refractivity contribution in [1.29, 1.82) is 0 Å². The lowest BCUT2D eigenvalue weighted by Crippen LogP contribution is -2.38. The lowest BCUT2D eigenvalue weighted by Gasteiger charge is -2.20. The van der Waals surface area contributed by atoms with Gasteiger partial charge < -0.3 is 10.4 Å². The summed E-state index contributed by atoms with van der Waals surface area (Å²) in [6.07, 6.45) is 3.51. The van der Waals surface area contributed by atoms with Crippen LogP contribution >= 0.6 is 0 Å². The highest BCUT2D eigenvalue weighted by Gasteiger charge is 2.15. The summed E-state index contributed by atoms with van der Waals surface area (Å²) in [5.41, 5.74) is 2.27. The van der Waals surface area contributed by atoms with Crippen LogP contribution in [0, 0.1) is 12.8 Å². The van der Waals surface area contributed by atoms with Crippen LogP contribution in [-0.2, 0) is 4.79 Å². The minimum Gasteiger partial charge on any atom is -0.478 e. The van der Waals surface area contributed by atoms with E-state index < -0.39 is 5.97 Å². The van der Waals surface area contributed by atoms with Gasteiger partial charge in [-0.3, -0.25) is 4.79 Å². The molecule has 114 valence electrons. The van der Waals surface area contributed by atoms with Crippen LogP contribution < -0.4 is 5.32 Å². The van der Waals surface area contributed by atoms with Gasteiger partial charge in [-0.2, -0.15) is 0 Å². The Morgan fingerprint density at radius 1 is 1.33 bits per heavy atom. The average molecular weight is 289 g/mol. The Balaban J connectivity index is 2.88. The van der Waals surface area contributed by atoms with Crippen molar-refractivity contribution in [2.45, 2.75) is 40.2 Å². The summed E-state index contributed by atoms with van der Waals surface area (Å²) in [4.78, 5) is 22.8. The molecular weight excluding hydrogens is 266 g/mol. The maximum atomic E-state index is 12.2. The van der Waals surface area contributed by atoms with Gasteiger partial charge in [0.1, 0.15) is 0 Å². The molecule has 0 spiro atoms. The number of amides is 1. The largest absolute Gasteiger partial charge is 0.478 e. The maximum Gasteiger partial charge on any atom is 0.328 e. The quantitative estimate of drug-likeness (QED) is 0.790. The fourth-order valence-corrected chi connectivity index (χ4v) is 2.16. The van der Waals surface area contributed by atoms with E-state index in [2.05, 4.69) is 26.1 Å². The molecule has 1 amide bonds. The molecule has 21 heavy (non-hydrogen) atoms. The molecule has 1 atom stereocenters. The van der Waals surface area contributed by atoms with E-state index in [0.717, 1.165) is 23.6 Å². The second-order valence-corrected chi connectivity index (χ2v) is 5.48. The molecule has 4 nitrogen and oxygen atoms in total. The molecular formula is C17H23NO3. The molecule has 1 aromatic carbocycles. The summed E-state index contributed by atoms with van der Waals surface area (Å²) in [6, 6.07) is 5.42. The highest BCUT2D eigenvalue weighted by molar-refractivity contribution is 5.95. The van der Waals surface area contributed by atoms with E-state index in [4.69, 9.17) is 5.11 Å². The van der Waals surface area contributed by atoms with Gasteiger partial charge in [-0.15, -0.1) is 0 Å². The fraction of sp³-hybridized carbons (Fsp3) is 0.412. The molecule has 1 unspecified atom stereocenters. The zero-order chi connectivity index (χ0) is 16.0. The Bertz CT molecular complexity index is 547. The zero-order valence-corrected chi connectivity index (χ0v) is 13.0. The van der Waals surface area contributed by atoms with Crippen LogP contribution in [0.1, 0.15) is 48.7 Å². The number of aryl methyl sites for hydroxylation is 1. The van der Waals surface area contributed by atoms with Crippen molar-refractivity contribution in [3.05, 3.63) is 41.0 Å². The molecule has 0 aliphatic carbocycles. The first-order chi connectivity index (χ1) is 9.85. The molecule has 0 heterocycles. The Morgan fingerprint density at radius 2 is 2.00 bits per heavy atom. The normalized spacial score (nSPS) is 12.6. The summed E-state index contributed by atoms with van der Waals surface area (Å²) in [5, 5.41) is 11.7. The standard InChI is InChI=1S/C17H23NO3/c1-5-15(11(2)3)18-17(21)14-7-6-13(12(4)10-14)8-9-16(19)20/h6-11,15H,5H2,1-4H3,(H,18,21)(H,19,20)/b9-8+. The van der Waals surface area contributed by atoms with E-state index in [1.807, 2.05) is 6.92 Å². The van der Waals surface area contributed by atoms with Crippen LogP contribution in [0.4, 0.5) is 0 Å². The van der Waals surface area contributed by atoms with Crippen molar-refractivity contribution in [3.8, 4) is 0 Å². The summed E-state index contributed by atoms with van der Waals surface area (Å²) < 4.78 is 0. The van der Waals surface area contributed by atoms with E-state index in [1.165, 1.54) is 6.08 Å². The number of benzene rings is 1. The number of hydrogen-bond donors (Lipinski definition) is 2. The second kappa shape index (κ2) is 7.62. The molecule has 1 aromatic rings. The van der Waals surface area contributed by atoms with Gasteiger partial charge in [0.2, 0.25) is 0 Å². The Kier molecular flexibility index (Phi) is 6.15. The van der Waals surface area contributed by atoms with Crippen molar-refractivity contribution in [3.63, 3.8) is 0 Å². The van der Waals surface area contributed by atoms with Crippen molar-refractivity contribution >= 4 is 18.0 Å². The van der Waals surface area contributed by atoms with Gasteiger partial charge in [0.15, 0.2) is 0 Å². The van der Waals surface area contributed by atoms with Gasteiger partial charge in [-0.1, -0.05) is 26.8 Å². The predicted molar refractivity (Wildman–Crippen MR) is 84.2 cm³/mol. The SMILES string of the molecule is CCC(NC(=O)c1ccc(/C=C/C(=O)O)c(C)c1)C(C)C. The number of aliphatic carboxylic acids is 1. The number of hydrogen-bond acceptors (Lipinski definition) is 2. The monoisotopic (exact) mass is 289 g/mol. The fourth-order valence-electron chi connectivity index (χ4n) is 2.16. The van der Waals surface area contributed by atoms with Gasteiger partial charge in [0.05, 0.1) is 0 Å². The molecule has 0 aromatic heterocycles. The third-order valence-electron chi connectivity index (χ3n) is 3.50. The summed E-state index contributed by atoms with van der Waals surface area (Å²) in [7, 11) is 0. The third kappa shape index (κ3) is 5.06. The van der Waals surface area contributed by atoms with E-state index in [-0.39, 0.29) is 11.9 Å². The van der Waals surface area contributed by atoms with Gasteiger partial charge in [0.25, 0.3) is 5.91 Å². The van der Waals surface area contributed by atoms with Crippen molar-refractivity contribution in [2.24, 2.45) is 5.92 Å². The van der Waals surface area contributed by atoms with Crippen molar-refractivity contribution in [2.75, 3.05) is 0 Å². The summed E-state index contributed by atoms with van der Waals surface area (Å²) in [5.74, 6) is -0.691. The van der Waals surface area contributed by atoms with Gasteiger partial charge in [0, 0.05) is 17.7 Å². The lowest BCUT2D eigenvalue weighted by molar-refractivity contribution is -0.131. The summed E-state index contributed by atoms with van der Waals surface area (Å²) >= 11 is 0. The van der Waals surface area contributed by atoms with Gasteiger partial charge >= 0.3 is 5.97 Å². The van der Waals surface area contributed by atoms with Crippen LogP contribution in [0.3, 0.4) is 0 Å². The van der Waals surface area contributed by atoms with E-state index in [9.17, 15) is 9.59 Å². The number of carboxylic acid groups (broad SMARTS) is 1. The Morgan fingerprint density at radius 3 is 2.48 bits per heavy atom. The lowest BCUT2D eigenvalue weighted by atomic mass is 10.00. The van der Waals surface area contributed by atoms with Gasteiger partial charge in [-0.25, -0.2) is 4.79 Å². The molecule has 0 saturated carbocycles. The molecule has 0 aliphatic heterocycles. The van der Waals surface area contributed by atoms with Crippen LogP contribution in [0.5, 0.6) is 0 Å². The Labute approximate surface area is 125 Å². The van der Waals surface area contributed by atoms with E-state index >= 15 is 0 Å². The first-order valence-corrected chi connectivity index (χ1v) is 7.17. The van der Waals surface area contributed by atoms with E-state index in [0.29, 0.717) is 11.5 Å². The maximum absolute atomic E-state index is 12.2. The molecule has 2 N–H and O–H groups in total. The van der Waals surface area contributed by atoms with Gasteiger partial charge in [-0.05, 0) is 48.6 Å². The van der Waals surface area contributed by atoms with E-state index in [1.54, 1.807) is 18.2 Å². The minimum absolute atomic E-state index is 0.0904. The van der Waals surface area contributed by atoms with Crippen LogP contribution in [0.15, 0.2) is 24.3 Å². The van der Waals surface area contributed by atoms with Crippen LogP contribution in [0.25, 0.3) is 6.08 Å². The molecule has 4 heteroatoms. The number of rotatable bonds is 6. The Hall–Kier alpha value is -2.10. The molecule has 0 bridgehead atoms. The molecule has 0 aliphatic rings. The smallest absolute Gasteiger partial charge is 0.328 e. The second-order valence-electron chi connectivity index (χ2n) is 5.48. The molecule has 0 saturated heterocycles. The summed E-state index contributed by atoms with van der Waals surface area (Å²) in [6.45, 7) is 8.08. The highest BCUT2D eigenvalue weighted by atomic mass is 16.4.